The summed E-state index contributed by atoms with van der Waals surface area (Å²) >= 11 is 2.76. The molecule has 8 heteroatoms. The molecule has 0 unspecified atom stereocenters. The number of halogens is 4. The Labute approximate surface area is 116 Å². The first-order valence-electron chi connectivity index (χ1n) is 5.08. The van der Waals surface area contributed by atoms with Crippen LogP contribution in [0.15, 0.2) is 22.7 Å². The molecule has 0 spiro atoms. The molecular weight excluding hydrogens is 349 g/mol. The number of carbonyl (C=O) groups excluding carboxylic acids is 1. The highest BCUT2D eigenvalue weighted by atomic mass is 79.9. The molecule has 1 aromatic rings. The molecule has 0 aliphatic rings. The second-order valence-electron chi connectivity index (χ2n) is 4.00. The summed E-state index contributed by atoms with van der Waals surface area (Å²) in [5.74, 6) is -1.02. The van der Waals surface area contributed by atoms with Gasteiger partial charge in [-0.2, -0.15) is 13.2 Å². The molecule has 0 saturated heterocycles. The second kappa shape index (κ2) is 5.62. The predicted molar refractivity (Wildman–Crippen MR) is 67.8 cm³/mol. The Morgan fingerprint density at radius 1 is 1.32 bits per heavy atom. The molecule has 0 N–H and O–H groups in total. The third-order valence-corrected chi connectivity index (χ3v) is 3.93. The summed E-state index contributed by atoms with van der Waals surface area (Å²) in [5, 5.41) is 0. The Hall–Kier alpha value is -0.890. The number of hydrogen-bond acceptors (Lipinski definition) is 3. The van der Waals surface area contributed by atoms with E-state index < -0.39 is 27.4 Å². The van der Waals surface area contributed by atoms with Crippen molar-refractivity contribution in [1.29, 1.82) is 0 Å². The van der Waals surface area contributed by atoms with Gasteiger partial charge in [0.1, 0.15) is 9.84 Å². The average molecular weight is 359 g/mol. The van der Waals surface area contributed by atoms with Gasteiger partial charge in [0.25, 0.3) is 0 Å². The minimum Gasteiger partial charge on any atom is -0.294 e. The number of hydrogen-bond donors (Lipinski definition) is 0. The number of alkyl halides is 3. The van der Waals surface area contributed by atoms with E-state index in [4.69, 9.17) is 0 Å². The average Bonchev–Trinajstić information content (AvgIpc) is 2.24. The number of carbonyl (C=O) groups is 1. The maximum absolute atomic E-state index is 12.6. The molecule has 3 nitrogen and oxygen atoms in total. The maximum Gasteiger partial charge on any atom is 0.417 e. The van der Waals surface area contributed by atoms with Crippen LogP contribution in [0.3, 0.4) is 0 Å². The van der Waals surface area contributed by atoms with Gasteiger partial charge in [0.2, 0.25) is 0 Å². The molecule has 0 heterocycles. The standard InChI is InChI=1S/C11H10BrF3O3S/c1-19(17,18)5-4-10(16)7-2-3-9(12)8(6-7)11(13,14)15/h2-3,6H,4-5H2,1H3. The van der Waals surface area contributed by atoms with Gasteiger partial charge in [-0.1, -0.05) is 22.0 Å². The molecule has 19 heavy (non-hydrogen) atoms. The Balaban J connectivity index is 3.00. The van der Waals surface area contributed by atoms with Crippen LogP contribution in [0, 0.1) is 0 Å². The van der Waals surface area contributed by atoms with E-state index in [0.717, 1.165) is 12.3 Å². The van der Waals surface area contributed by atoms with Gasteiger partial charge in [0, 0.05) is 22.7 Å². The Kier molecular flexibility index (Phi) is 4.78. The van der Waals surface area contributed by atoms with Crippen molar-refractivity contribution in [2.24, 2.45) is 0 Å². The molecular formula is C11H10BrF3O3S. The molecule has 0 aliphatic carbocycles. The van der Waals surface area contributed by atoms with Crippen molar-refractivity contribution < 1.29 is 26.4 Å². The topological polar surface area (TPSA) is 51.2 Å². The van der Waals surface area contributed by atoms with Crippen molar-refractivity contribution >= 4 is 31.6 Å². The first-order chi connectivity index (χ1) is 8.50. The smallest absolute Gasteiger partial charge is 0.294 e. The number of sulfone groups is 1. The van der Waals surface area contributed by atoms with Crippen LogP contribution < -0.4 is 0 Å². The summed E-state index contributed by atoms with van der Waals surface area (Å²) in [6.45, 7) is 0. The zero-order valence-corrected chi connectivity index (χ0v) is 12.2. The zero-order chi connectivity index (χ0) is 14.8. The number of benzene rings is 1. The van der Waals surface area contributed by atoms with E-state index in [1.165, 1.54) is 6.07 Å². The van der Waals surface area contributed by atoms with Crippen LogP contribution in [0.5, 0.6) is 0 Å². The molecule has 0 saturated carbocycles. The van der Waals surface area contributed by atoms with Crippen LogP contribution in [-0.4, -0.2) is 26.2 Å². The molecule has 0 amide bonds. The fourth-order valence-electron chi connectivity index (χ4n) is 1.34. The molecule has 106 valence electrons. The summed E-state index contributed by atoms with van der Waals surface area (Å²) in [6.07, 6.45) is -3.95. The molecule has 0 aliphatic heterocycles. The van der Waals surface area contributed by atoms with Gasteiger partial charge in [-0.05, 0) is 12.1 Å². The molecule has 0 fully saturated rings. The quantitative estimate of drug-likeness (QED) is 0.777. The molecule has 0 radical (unpaired) electrons. The van der Waals surface area contributed by atoms with E-state index in [9.17, 15) is 26.4 Å². The lowest BCUT2D eigenvalue weighted by Gasteiger charge is -2.10. The van der Waals surface area contributed by atoms with Crippen LogP contribution in [0.2, 0.25) is 0 Å². The van der Waals surface area contributed by atoms with Gasteiger partial charge in [-0.15, -0.1) is 0 Å². The van der Waals surface area contributed by atoms with Crippen LogP contribution in [0.4, 0.5) is 13.2 Å². The fraction of sp³-hybridized carbons (Fsp3) is 0.364. The predicted octanol–water partition coefficient (Wildman–Crippen LogP) is 3.09. The van der Waals surface area contributed by atoms with Crippen molar-refractivity contribution in [1.82, 2.24) is 0 Å². The van der Waals surface area contributed by atoms with Gasteiger partial charge in [-0.3, -0.25) is 4.79 Å². The molecule has 1 aromatic carbocycles. The molecule has 0 atom stereocenters. The highest BCUT2D eigenvalue weighted by Crippen LogP contribution is 2.35. The minimum atomic E-state index is -4.58. The zero-order valence-electron chi connectivity index (χ0n) is 9.79. The lowest BCUT2D eigenvalue weighted by atomic mass is 10.1. The first kappa shape index (κ1) is 16.2. The summed E-state index contributed by atoms with van der Waals surface area (Å²) < 4.78 is 59.5. The SMILES string of the molecule is CS(=O)(=O)CCC(=O)c1ccc(Br)c(C(F)(F)F)c1. The Morgan fingerprint density at radius 3 is 2.37 bits per heavy atom. The molecule has 0 aromatic heterocycles. The monoisotopic (exact) mass is 358 g/mol. The van der Waals surface area contributed by atoms with Crippen LogP contribution >= 0.6 is 15.9 Å². The lowest BCUT2D eigenvalue weighted by molar-refractivity contribution is -0.138. The first-order valence-corrected chi connectivity index (χ1v) is 7.94. The van der Waals surface area contributed by atoms with E-state index in [0.29, 0.717) is 6.07 Å². The van der Waals surface area contributed by atoms with Gasteiger partial charge in [-0.25, -0.2) is 8.42 Å². The van der Waals surface area contributed by atoms with Gasteiger partial charge >= 0.3 is 6.18 Å². The summed E-state index contributed by atoms with van der Waals surface area (Å²) in [7, 11) is -3.33. The highest BCUT2D eigenvalue weighted by molar-refractivity contribution is 9.10. The Bertz CT molecular complexity index is 594. The van der Waals surface area contributed by atoms with Crippen LogP contribution in [-0.2, 0) is 16.0 Å². The van der Waals surface area contributed by atoms with Gasteiger partial charge in [0.05, 0.1) is 11.3 Å². The highest BCUT2D eigenvalue weighted by Gasteiger charge is 2.33. The van der Waals surface area contributed by atoms with Crippen LogP contribution in [0.25, 0.3) is 0 Å². The van der Waals surface area contributed by atoms with Crippen molar-refractivity contribution in [3.8, 4) is 0 Å². The summed E-state index contributed by atoms with van der Waals surface area (Å²) in [6, 6.07) is 3.06. The van der Waals surface area contributed by atoms with E-state index >= 15 is 0 Å². The van der Waals surface area contributed by atoms with Gasteiger partial charge < -0.3 is 0 Å². The largest absolute Gasteiger partial charge is 0.417 e. The number of rotatable bonds is 4. The minimum absolute atomic E-state index is 0.154. The van der Waals surface area contributed by atoms with E-state index in [1.54, 1.807) is 0 Å². The number of Topliss-reactive ketones (excluding diaryl/α,β-unsaturated/α-hetero) is 1. The maximum atomic E-state index is 12.6. The number of ketones is 1. The summed E-state index contributed by atoms with van der Waals surface area (Å²) in [5.41, 5.74) is -1.11. The normalized spacial score (nSPS) is 12.5. The third-order valence-electron chi connectivity index (χ3n) is 2.29. The van der Waals surface area contributed by atoms with Crippen molar-refractivity contribution in [2.75, 3.05) is 12.0 Å². The van der Waals surface area contributed by atoms with Gasteiger partial charge in [0.15, 0.2) is 5.78 Å². The van der Waals surface area contributed by atoms with Crippen molar-refractivity contribution in [2.45, 2.75) is 12.6 Å². The molecule has 1 rings (SSSR count). The second-order valence-corrected chi connectivity index (χ2v) is 7.11. The summed E-state index contributed by atoms with van der Waals surface area (Å²) in [4.78, 5) is 11.6. The lowest BCUT2D eigenvalue weighted by Crippen LogP contribution is -2.12. The van der Waals surface area contributed by atoms with E-state index in [1.807, 2.05) is 0 Å². The molecule has 0 bridgehead atoms. The van der Waals surface area contributed by atoms with Crippen molar-refractivity contribution in [3.63, 3.8) is 0 Å². The van der Waals surface area contributed by atoms with E-state index in [-0.39, 0.29) is 22.2 Å². The van der Waals surface area contributed by atoms with E-state index in [2.05, 4.69) is 15.9 Å². The van der Waals surface area contributed by atoms with Crippen molar-refractivity contribution in [3.05, 3.63) is 33.8 Å². The fourth-order valence-corrected chi connectivity index (χ4v) is 2.37. The third kappa shape index (κ3) is 4.94. The Morgan fingerprint density at radius 2 is 1.89 bits per heavy atom. The van der Waals surface area contributed by atoms with Crippen LogP contribution in [0.1, 0.15) is 22.3 Å².